The number of nitrogens with one attached hydrogen (secondary N) is 1. The normalized spacial score (nSPS) is 14.0. The Balaban J connectivity index is 1.95. The van der Waals surface area contributed by atoms with Gasteiger partial charge < -0.3 is 9.64 Å². The second kappa shape index (κ2) is 7.09. The van der Waals surface area contributed by atoms with Crippen LogP contribution in [0.4, 0.5) is 15.8 Å². The fourth-order valence-electron chi connectivity index (χ4n) is 3.13. The first-order valence-corrected chi connectivity index (χ1v) is 10.3. The van der Waals surface area contributed by atoms with Crippen molar-refractivity contribution in [3.63, 3.8) is 0 Å². The summed E-state index contributed by atoms with van der Waals surface area (Å²) in [5.74, 6) is -0.672. The van der Waals surface area contributed by atoms with E-state index in [1.54, 1.807) is 23.1 Å². The van der Waals surface area contributed by atoms with E-state index in [1.807, 2.05) is 20.8 Å². The van der Waals surface area contributed by atoms with E-state index in [0.29, 0.717) is 24.3 Å². The number of nitrogens with zero attached hydrogens (tertiary/aromatic N) is 1. The first-order chi connectivity index (χ1) is 13.0. The highest BCUT2D eigenvalue weighted by molar-refractivity contribution is 7.92. The van der Waals surface area contributed by atoms with Crippen LogP contribution in [0.1, 0.15) is 26.3 Å². The molecule has 0 spiro atoms. The van der Waals surface area contributed by atoms with Gasteiger partial charge in [-0.25, -0.2) is 12.8 Å². The number of hydrogen-bond donors (Lipinski definition) is 1. The number of methoxy groups -OCH3 is 1. The molecule has 0 fully saturated rings. The van der Waals surface area contributed by atoms with Gasteiger partial charge in [-0.15, -0.1) is 0 Å². The molecule has 2 aromatic rings. The zero-order valence-corrected chi connectivity index (χ0v) is 17.1. The molecule has 0 aromatic heterocycles. The molecule has 1 N–H and O–H groups in total. The van der Waals surface area contributed by atoms with E-state index >= 15 is 0 Å². The number of ether oxygens (including phenoxy) is 1. The van der Waals surface area contributed by atoms with Crippen molar-refractivity contribution >= 4 is 27.3 Å². The van der Waals surface area contributed by atoms with Gasteiger partial charge in [-0.1, -0.05) is 26.8 Å². The van der Waals surface area contributed by atoms with Crippen LogP contribution < -0.4 is 14.4 Å². The number of amides is 1. The fraction of sp³-hybridized carbons (Fsp3) is 0.350. The topological polar surface area (TPSA) is 75.7 Å². The molecule has 0 atom stereocenters. The van der Waals surface area contributed by atoms with Crippen LogP contribution in [0.5, 0.6) is 5.75 Å². The summed E-state index contributed by atoms with van der Waals surface area (Å²) in [5, 5.41) is 0. The molecule has 2 aromatic carbocycles. The van der Waals surface area contributed by atoms with Crippen LogP contribution in [-0.2, 0) is 21.2 Å². The Labute approximate surface area is 164 Å². The maximum atomic E-state index is 13.6. The van der Waals surface area contributed by atoms with Crippen LogP contribution in [0.2, 0.25) is 0 Å². The highest BCUT2D eigenvalue weighted by atomic mass is 32.2. The summed E-state index contributed by atoms with van der Waals surface area (Å²) in [6.45, 7) is 6.09. The van der Waals surface area contributed by atoms with E-state index in [1.165, 1.54) is 13.2 Å². The van der Waals surface area contributed by atoms with Gasteiger partial charge in [0.25, 0.3) is 10.0 Å². The quantitative estimate of drug-likeness (QED) is 0.842. The molecule has 0 aliphatic carbocycles. The van der Waals surface area contributed by atoms with Crippen LogP contribution >= 0.6 is 0 Å². The Morgan fingerprint density at radius 2 is 1.89 bits per heavy atom. The maximum absolute atomic E-state index is 13.6. The number of fused-ring (bicyclic) bond motifs is 1. The van der Waals surface area contributed by atoms with Crippen LogP contribution in [0.25, 0.3) is 0 Å². The first-order valence-electron chi connectivity index (χ1n) is 8.84. The van der Waals surface area contributed by atoms with E-state index in [9.17, 15) is 17.6 Å². The number of benzene rings is 2. The molecule has 0 bridgehead atoms. The predicted molar refractivity (Wildman–Crippen MR) is 106 cm³/mol. The molecule has 1 amide bonds. The second-order valence-corrected chi connectivity index (χ2v) is 9.35. The fourth-order valence-corrected chi connectivity index (χ4v) is 4.36. The zero-order valence-electron chi connectivity index (χ0n) is 16.2. The SMILES string of the molecule is COc1ccc(F)cc1S(=O)(=O)Nc1ccc2c(c1)N(C(=O)C(C)(C)C)CC2. The van der Waals surface area contributed by atoms with Crippen molar-refractivity contribution in [2.75, 3.05) is 23.3 Å². The van der Waals surface area contributed by atoms with Gasteiger partial charge in [0, 0.05) is 17.6 Å². The number of carbonyl (C=O) groups excluding carboxylic acids is 1. The lowest BCUT2D eigenvalue weighted by Crippen LogP contribution is -2.38. The molecule has 1 aliphatic heterocycles. The molecule has 1 aliphatic rings. The van der Waals surface area contributed by atoms with Gasteiger partial charge in [0.05, 0.1) is 12.8 Å². The molecular formula is C20H23FN2O4S. The first kappa shape index (κ1) is 20.1. The van der Waals surface area contributed by atoms with Crippen LogP contribution in [0, 0.1) is 11.2 Å². The minimum Gasteiger partial charge on any atom is -0.495 e. The van der Waals surface area contributed by atoms with Gasteiger partial charge in [-0.3, -0.25) is 9.52 Å². The minimum absolute atomic E-state index is 0.0296. The molecule has 0 saturated heterocycles. The number of anilines is 2. The van der Waals surface area contributed by atoms with Gasteiger partial charge in [0.2, 0.25) is 5.91 Å². The third kappa shape index (κ3) is 3.82. The maximum Gasteiger partial charge on any atom is 0.265 e. The van der Waals surface area contributed by atoms with Gasteiger partial charge in [0.15, 0.2) is 0 Å². The van der Waals surface area contributed by atoms with Crippen molar-refractivity contribution in [2.24, 2.45) is 5.41 Å². The predicted octanol–water partition coefficient (Wildman–Crippen LogP) is 3.57. The van der Waals surface area contributed by atoms with Crippen molar-refractivity contribution in [3.8, 4) is 5.75 Å². The molecule has 1 heterocycles. The van der Waals surface area contributed by atoms with Gasteiger partial charge in [-0.2, -0.15) is 0 Å². The average molecular weight is 406 g/mol. The third-order valence-corrected chi connectivity index (χ3v) is 5.94. The van der Waals surface area contributed by atoms with Crippen LogP contribution in [0.15, 0.2) is 41.3 Å². The largest absolute Gasteiger partial charge is 0.495 e. The molecule has 0 unspecified atom stereocenters. The van der Waals surface area contributed by atoms with Crippen LogP contribution in [-0.4, -0.2) is 28.0 Å². The molecule has 3 rings (SSSR count). The monoisotopic (exact) mass is 406 g/mol. The Morgan fingerprint density at radius 1 is 1.18 bits per heavy atom. The number of hydrogen-bond acceptors (Lipinski definition) is 4. The smallest absolute Gasteiger partial charge is 0.265 e. The lowest BCUT2D eigenvalue weighted by Gasteiger charge is -2.26. The summed E-state index contributed by atoms with van der Waals surface area (Å²) in [6.07, 6.45) is 0.710. The molecule has 0 saturated carbocycles. The summed E-state index contributed by atoms with van der Waals surface area (Å²) >= 11 is 0. The summed E-state index contributed by atoms with van der Waals surface area (Å²) in [5.41, 5.74) is 1.40. The summed E-state index contributed by atoms with van der Waals surface area (Å²) in [4.78, 5) is 14.1. The number of carbonyl (C=O) groups is 1. The highest BCUT2D eigenvalue weighted by Gasteiger charge is 2.32. The van der Waals surface area contributed by atoms with Gasteiger partial charge >= 0.3 is 0 Å². The molecule has 150 valence electrons. The van der Waals surface area contributed by atoms with Crippen molar-refractivity contribution < 1.29 is 22.3 Å². The summed E-state index contributed by atoms with van der Waals surface area (Å²) < 4.78 is 46.6. The van der Waals surface area contributed by atoms with E-state index in [-0.39, 0.29) is 16.6 Å². The molecule has 8 heteroatoms. The Hall–Kier alpha value is -2.61. The molecule has 0 radical (unpaired) electrons. The van der Waals surface area contributed by atoms with E-state index in [0.717, 1.165) is 17.7 Å². The lowest BCUT2D eigenvalue weighted by molar-refractivity contribution is -0.125. The van der Waals surface area contributed by atoms with Crippen molar-refractivity contribution in [1.29, 1.82) is 0 Å². The Kier molecular flexibility index (Phi) is 5.10. The number of rotatable bonds is 4. The van der Waals surface area contributed by atoms with Crippen molar-refractivity contribution in [1.82, 2.24) is 0 Å². The van der Waals surface area contributed by atoms with Crippen LogP contribution in [0.3, 0.4) is 0 Å². The Bertz CT molecular complexity index is 1030. The number of halogens is 1. The minimum atomic E-state index is -4.08. The van der Waals surface area contributed by atoms with E-state index < -0.39 is 21.3 Å². The third-order valence-electron chi connectivity index (χ3n) is 4.53. The van der Waals surface area contributed by atoms with Gasteiger partial charge in [0.1, 0.15) is 16.5 Å². The summed E-state index contributed by atoms with van der Waals surface area (Å²) in [6, 6.07) is 8.36. The molecule has 28 heavy (non-hydrogen) atoms. The highest BCUT2D eigenvalue weighted by Crippen LogP contribution is 2.35. The Morgan fingerprint density at radius 3 is 2.54 bits per heavy atom. The number of sulfonamides is 1. The lowest BCUT2D eigenvalue weighted by atomic mass is 9.94. The molecule has 6 nitrogen and oxygen atoms in total. The van der Waals surface area contributed by atoms with Crippen molar-refractivity contribution in [3.05, 3.63) is 47.8 Å². The van der Waals surface area contributed by atoms with E-state index in [2.05, 4.69) is 4.72 Å². The van der Waals surface area contributed by atoms with E-state index in [4.69, 9.17) is 4.74 Å². The summed E-state index contributed by atoms with van der Waals surface area (Å²) in [7, 11) is -2.76. The second-order valence-electron chi connectivity index (χ2n) is 7.70. The van der Waals surface area contributed by atoms with Gasteiger partial charge in [-0.05, 0) is 42.3 Å². The standard InChI is InChI=1S/C20H23FN2O4S/c1-20(2,3)19(24)23-10-9-13-5-7-15(12-16(13)23)22-28(25,26)18-11-14(21)6-8-17(18)27-4/h5-8,11-12,22H,9-10H2,1-4H3. The zero-order chi connectivity index (χ0) is 20.7. The average Bonchev–Trinajstić information content (AvgIpc) is 3.03. The van der Waals surface area contributed by atoms with Crippen molar-refractivity contribution in [2.45, 2.75) is 32.1 Å². The molecular weight excluding hydrogens is 383 g/mol.